The zero-order valence-electron chi connectivity index (χ0n) is 11.9. The molecule has 1 amide bonds. The summed E-state index contributed by atoms with van der Waals surface area (Å²) in [6, 6.07) is 10.5. The number of amides is 1. The summed E-state index contributed by atoms with van der Waals surface area (Å²) in [7, 11) is 0. The molecule has 0 radical (unpaired) electrons. The molecule has 2 atom stereocenters. The molecule has 3 nitrogen and oxygen atoms in total. The van der Waals surface area contributed by atoms with Crippen LogP contribution in [0.2, 0.25) is 0 Å². The third kappa shape index (κ3) is 3.46. The van der Waals surface area contributed by atoms with Crippen molar-refractivity contribution in [2.45, 2.75) is 19.4 Å². The molecular formula is C16H18IN2OS+. The number of fused-ring (bicyclic) bond motifs is 1. The lowest BCUT2D eigenvalue weighted by Gasteiger charge is -2.29. The van der Waals surface area contributed by atoms with Gasteiger partial charge in [0.05, 0.1) is 6.54 Å². The lowest BCUT2D eigenvalue weighted by Crippen LogP contribution is -3.14. The van der Waals surface area contributed by atoms with E-state index in [0.29, 0.717) is 12.6 Å². The fraction of sp³-hybridized carbons (Fsp3) is 0.312. The van der Waals surface area contributed by atoms with Crippen molar-refractivity contribution in [2.24, 2.45) is 0 Å². The molecule has 0 saturated heterocycles. The van der Waals surface area contributed by atoms with Crippen LogP contribution in [0.15, 0.2) is 35.7 Å². The van der Waals surface area contributed by atoms with E-state index in [-0.39, 0.29) is 5.91 Å². The summed E-state index contributed by atoms with van der Waals surface area (Å²) in [6.07, 6.45) is 1.09. The summed E-state index contributed by atoms with van der Waals surface area (Å²) in [5.41, 5.74) is 2.30. The maximum absolute atomic E-state index is 12.3. The fourth-order valence-electron chi connectivity index (χ4n) is 2.87. The predicted octanol–water partition coefficient (Wildman–Crippen LogP) is 2.49. The molecule has 1 aliphatic rings. The van der Waals surface area contributed by atoms with Gasteiger partial charge >= 0.3 is 0 Å². The van der Waals surface area contributed by atoms with Gasteiger partial charge in [0.2, 0.25) is 0 Å². The van der Waals surface area contributed by atoms with Gasteiger partial charge in [-0.05, 0) is 59.2 Å². The van der Waals surface area contributed by atoms with Gasteiger partial charge in [-0.25, -0.2) is 0 Å². The number of carbonyl (C=O) groups excluding carboxylic acids is 1. The van der Waals surface area contributed by atoms with Gasteiger partial charge in [-0.1, -0.05) is 6.07 Å². The van der Waals surface area contributed by atoms with Gasteiger partial charge in [0, 0.05) is 26.1 Å². The Bertz CT molecular complexity index is 655. The van der Waals surface area contributed by atoms with E-state index in [0.717, 1.165) is 22.2 Å². The number of benzene rings is 1. The number of carbonyl (C=O) groups is 1. The Morgan fingerprint density at radius 1 is 1.48 bits per heavy atom. The van der Waals surface area contributed by atoms with Gasteiger partial charge in [0.1, 0.15) is 6.04 Å². The Balaban J connectivity index is 1.63. The van der Waals surface area contributed by atoms with E-state index in [1.807, 2.05) is 35.6 Å². The topological polar surface area (TPSA) is 33.5 Å². The minimum Gasteiger partial charge on any atom is -0.321 e. The number of nitrogens with one attached hydrogen (secondary N) is 2. The average molecular weight is 413 g/mol. The molecule has 1 unspecified atom stereocenters. The summed E-state index contributed by atoms with van der Waals surface area (Å²) in [5, 5.41) is 5.17. The highest BCUT2D eigenvalue weighted by atomic mass is 127. The van der Waals surface area contributed by atoms with Crippen LogP contribution in [0.1, 0.15) is 23.4 Å². The quantitative estimate of drug-likeness (QED) is 0.746. The number of rotatable bonds is 3. The van der Waals surface area contributed by atoms with E-state index in [1.54, 1.807) is 0 Å². The van der Waals surface area contributed by atoms with Crippen LogP contribution in [-0.4, -0.2) is 19.0 Å². The van der Waals surface area contributed by atoms with E-state index in [4.69, 9.17) is 0 Å². The summed E-state index contributed by atoms with van der Waals surface area (Å²) in [5.74, 6) is 0.0949. The average Bonchev–Trinajstić information content (AvgIpc) is 2.91. The first kappa shape index (κ1) is 15.0. The number of hydrogen-bond acceptors (Lipinski definition) is 2. The minimum atomic E-state index is 0.0949. The molecule has 110 valence electrons. The van der Waals surface area contributed by atoms with Crippen molar-refractivity contribution in [1.82, 2.24) is 0 Å². The third-order valence-electron chi connectivity index (χ3n) is 4.03. The minimum absolute atomic E-state index is 0.0949. The molecule has 0 saturated carbocycles. The molecule has 0 spiro atoms. The second-order valence-corrected chi connectivity index (χ2v) is 7.66. The Hall–Kier alpha value is -0.920. The van der Waals surface area contributed by atoms with Crippen molar-refractivity contribution in [3.05, 3.63) is 49.7 Å². The normalized spacial score (nSPS) is 20.9. The van der Waals surface area contributed by atoms with Crippen molar-refractivity contribution in [1.29, 1.82) is 0 Å². The maximum atomic E-state index is 12.3. The zero-order valence-corrected chi connectivity index (χ0v) is 14.8. The first-order valence-corrected chi connectivity index (χ1v) is 9.05. The summed E-state index contributed by atoms with van der Waals surface area (Å²) in [6.45, 7) is 3.79. The Morgan fingerprint density at radius 3 is 3.14 bits per heavy atom. The molecule has 5 heteroatoms. The molecule has 2 N–H and O–H groups in total. The number of thiophene rings is 1. The SMILES string of the molecule is C[C@@H]1c2ccsc2CC[NH+]1CC(=O)Nc1cccc(I)c1. The number of quaternary nitrogens is 1. The molecule has 1 aromatic carbocycles. The van der Waals surface area contributed by atoms with Crippen LogP contribution in [0.25, 0.3) is 0 Å². The zero-order chi connectivity index (χ0) is 14.8. The van der Waals surface area contributed by atoms with Crippen LogP contribution >= 0.6 is 33.9 Å². The summed E-state index contributed by atoms with van der Waals surface area (Å²) in [4.78, 5) is 15.1. The predicted molar refractivity (Wildman–Crippen MR) is 94.9 cm³/mol. The van der Waals surface area contributed by atoms with E-state index < -0.39 is 0 Å². The second-order valence-electron chi connectivity index (χ2n) is 5.41. The van der Waals surface area contributed by atoms with E-state index >= 15 is 0 Å². The van der Waals surface area contributed by atoms with Crippen LogP contribution in [0.3, 0.4) is 0 Å². The van der Waals surface area contributed by atoms with Crippen molar-refractivity contribution in [2.75, 3.05) is 18.4 Å². The van der Waals surface area contributed by atoms with Crippen LogP contribution in [0.5, 0.6) is 0 Å². The van der Waals surface area contributed by atoms with E-state index in [2.05, 4.69) is 46.3 Å². The van der Waals surface area contributed by atoms with Gasteiger partial charge in [0.25, 0.3) is 5.91 Å². The lowest BCUT2D eigenvalue weighted by molar-refractivity contribution is -0.923. The second kappa shape index (κ2) is 6.46. The Morgan fingerprint density at radius 2 is 2.33 bits per heavy atom. The molecule has 1 aliphatic heterocycles. The molecule has 21 heavy (non-hydrogen) atoms. The summed E-state index contributed by atoms with van der Waals surface area (Å²) < 4.78 is 1.13. The van der Waals surface area contributed by atoms with Crippen molar-refractivity contribution < 1.29 is 9.69 Å². The lowest BCUT2D eigenvalue weighted by atomic mass is 10.0. The van der Waals surface area contributed by atoms with Gasteiger partial charge in [-0.15, -0.1) is 11.3 Å². The van der Waals surface area contributed by atoms with Crippen LogP contribution in [0.4, 0.5) is 5.69 Å². The molecular weight excluding hydrogens is 395 g/mol. The molecule has 3 rings (SSSR count). The number of anilines is 1. The Labute approximate surface area is 142 Å². The first-order chi connectivity index (χ1) is 10.1. The largest absolute Gasteiger partial charge is 0.321 e. The summed E-state index contributed by atoms with van der Waals surface area (Å²) >= 11 is 4.09. The van der Waals surface area contributed by atoms with Crippen LogP contribution in [0, 0.1) is 3.57 Å². The molecule has 2 aromatic rings. The molecule has 0 fully saturated rings. The number of halogens is 1. The van der Waals surface area contributed by atoms with Crippen molar-refractivity contribution >= 4 is 45.5 Å². The molecule has 0 bridgehead atoms. The van der Waals surface area contributed by atoms with E-state index in [1.165, 1.54) is 15.3 Å². The molecule has 2 heterocycles. The van der Waals surface area contributed by atoms with Gasteiger partial charge in [0.15, 0.2) is 6.54 Å². The third-order valence-corrected chi connectivity index (χ3v) is 5.70. The smallest absolute Gasteiger partial charge is 0.279 e. The van der Waals surface area contributed by atoms with Gasteiger partial charge < -0.3 is 10.2 Å². The maximum Gasteiger partial charge on any atom is 0.279 e. The van der Waals surface area contributed by atoms with Gasteiger partial charge in [-0.3, -0.25) is 4.79 Å². The van der Waals surface area contributed by atoms with E-state index in [9.17, 15) is 4.79 Å². The number of hydrogen-bond donors (Lipinski definition) is 2. The van der Waals surface area contributed by atoms with Crippen LogP contribution < -0.4 is 10.2 Å². The monoisotopic (exact) mass is 413 g/mol. The Kier molecular flexibility index (Phi) is 4.61. The van der Waals surface area contributed by atoms with Gasteiger partial charge in [-0.2, -0.15) is 0 Å². The van der Waals surface area contributed by atoms with Crippen LogP contribution in [-0.2, 0) is 11.2 Å². The first-order valence-electron chi connectivity index (χ1n) is 7.10. The highest BCUT2D eigenvalue weighted by molar-refractivity contribution is 14.1. The highest BCUT2D eigenvalue weighted by Gasteiger charge is 2.29. The fourth-order valence-corrected chi connectivity index (χ4v) is 4.39. The molecule has 1 aromatic heterocycles. The van der Waals surface area contributed by atoms with Crippen molar-refractivity contribution in [3.63, 3.8) is 0 Å². The standard InChI is InChI=1S/C16H17IN2OS/c1-11-14-6-8-21-15(14)5-7-19(11)10-16(20)18-13-4-2-3-12(17)9-13/h2-4,6,8-9,11H,5,7,10H2,1H3,(H,18,20)/p+1/t11-/m1/s1. The highest BCUT2D eigenvalue weighted by Crippen LogP contribution is 2.24. The molecule has 0 aliphatic carbocycles. The van der Waals surface area contributed by atoms with Crippen molar-refractivity contribution in [3.8, 4) is 0 Å².